The van der Waals surface area contributed by atoms with E-state index in [4.69, 9.17) is 0 Å². The van der Waals surface area contributed by atoms with Crippen LogP contribution in [0.5, 0.6) is 0 Å². The van der Waals surface area contributed by atoms with Crippen molar-refractivity contribution in [3.05, 3.63) is 29.3 Å². The highest BCUT2D eigenvalue weighted by atomic mass is 32.1. The number of para-hydroxylation sites is 1. The van der Waals surface area contributed by atoms with Crippen LogP contribution in [0.4, 0.5) is 4.79 Å². The minimum atomic E-state index is -0.486. The molecule has 0 spiro atoms. The zero-order valence-electron chi connectivity index (χ0n) is 12.3. The van der Waals surface area contributed by atoms with E-state index in [-0.39, 0.29) is 18.5 Å². The van der Waals surface area contributed by atoms with Gasteiger partial charge in [0, 0.05) is 7.05 Å². The Labute approximate surface area is 127 Å². The molecule has 2 rings (SSSR count). The molecule has 0 radical (unpaired) electrons. The second kappa shape index (κ2) is 6.64. The quantitative estimate of drug-likeness (QED) is 0.762. The van der Waals surface area contributed by atoms with Crippen LogP contribution in [0.1, 0.15) is 18.0 Å². The molecule has 1 aromatic carbocycles. The molecule has 0 aliphatic heterocycles. The molecule has 0 aliphatic rings. The van der Waals surface area contributed by atoms with Gasteiger partial charge >= 0.3 is 6.03 Å². The highest BCUT2D eigenvalue weighted by Gasteiger charge is 2.22. The number of carbonyl (C=O) groups is 2. The third-order valence-corrected chi connectivity index (χ3v) is 4.56. The predicted octanol–water partition coefficient (Wildman–Crippen LogP) is 0.328. The van der Waals surface area contributed by atoms with Crippen LogP contribution in [0.15, 0.2) is 24.3 Å². The number of nitrogens with zero attached hydrogens (tertiary/aromatic N) is 1. The van der Waals surface area contributed by atoms with Gasteiger partial charge in [0.1, 0.15) is 6.04 Å². The first-order valence-electron chi connectivity index (χ1n) is 6.70. The van der Waals surface area contributed by atoms with Gasteiger partial charge in [0.25, 0.3) is 5.91 Å². The van der Waals surface area contributed by atoms with Gasteiger partial charge in [-0.15, -0.1) is 11.3 Å². The number of aromatic nitrogens is 1. The van der Waals surface area contributed by atoms with Gasteiger partial charge in [-0.2, -0.15) is 0 Å². The molecule has 0 aliphatic carbocycles. The molecule has 0 saturated heterocycles. The SMILES string of the molecule is CNC(=O)NC(=O)C[NH+](C)[C@@H](C)c1nc2ccccc2s1. The molecular weight excluding hydrogens is 288 g/mol. The third kappa shape index (κ3) is 3.77. The number of amides is 3. The monoisotopic (exact) mass is 307 g/mol. The Hall–Kier alpha value is -1.99. The van der Waals surface area contributed by atoms with Crippen molar-refractivity contribution in [1.82, 2.24) is 15.6 Å². The number of quaternary nitrogens is 1. The second-order valence-electron chi connectivity index (χ2n) is 4.89. The Morgan fingerprint density at radius 3 is 2.76 bits per heavy atom. The summed E-state index contributed by atoms with van der Waals surface area (Å²) in [6.45, 7) is 2.24. The lowest BCUT2D eigenvalue weighted by molar-refractivity contribution is -0.902. The first-order chi connectivity index (χ1) is 10.0. The molecule has 21 heavy (non-hydrogen) atoms. The van der Waals surface area contributed by atoms with Crippen molar-refractivity contribution in [2.75, 3.05) is 20.6 Å². The van der Waals surface area contributed by atoms with Crippen molar-refractivity contribution in [1.29, 1.82) is 0 Å². The van der Waals surface area contributed by atoms with Crippen molar-refractivity contribution in [2.24, 2.45) is 0 Å². The van der Waals surface area contributed by atoms with Crippen molar-refractivity contribution in [2.45, 2.75) is 13.0 Å². The maximum atomic E-state index is 11.7. The lowest BCUT2D eigenvalue weighted by Crippen LogP contribution is -3.10. The van der Waals surface area contributed by atoms with Crippen LogP contribution in [0, 0.1) is 0 Å². The number of hydrogen-bond acceptors (Lipinski definition) is 4. The van der Waals surface area contributed by atoms with Gasteiger partial charge in [0.05, 0.1) is 17.3 Å². The summed E-state index contributed by atoms with van der Waals surface area (Å²) < 4.78 is 1.14. The van der Waals surface area contributed by atoms with Crippen LogP contribution in [0.3, 0.4) is 0 Å². The van der Waals surface area contributed by atoms with Gasteiger partial charge in [-0.25, -0.2) is 9.78 Å². The molecule has 0 fully saturated rings. The van der Waals surface area contributed by atoms with E-state index in [9.17, 15) is 9.59 Å². The minimum Gasteiger partial charge on any atom is -0.341 e. The first-order valence-corrected chi connectivity index (χ1v) is 7.52. The Balaban J connectivity index is 2.03. The molecule has 1 heterocycles. The van der Waals surface area contributed by atoms with Crippen LogP contribution in [0.25, 0.3) is 10.2 Å². The molecule has 2 aromatic rings. The fraction of sp³-hybridized carbons (Fsp3) is 0.357. The summed E-state index contributed by atoms with van der Waals surface area (Å²) >= 11 is 1.64. The molecule has 7 heteroatoms. The molecule has 112 valence electrons. The van der Waals surface area contributed by atoms with E-state index in [0.29, 0.717) is 0 Å². The van der Waals surface area contributed by atoms with E-state index in [1.54, 1.807) is 11.3 Å². The Morgan fingerprint density at radius 2 is 2.10 bits per heavy atom. The topological polar surface area (TPSA) is 75.5 Å². The van der Waals surface area contributed by atoms with Gasteiger partial charge in [-0.1, -0.05) is 12.1 Å². The van der Waals surface area contributed by atoms with Gasteiger partial charge in [-0.3, -0.25) is 10.1 Å². The minimum absolute atomic E-state index is 0.0813. The highest BCUT2D eigenvalue weighted by molar-refractivity contribution is 7.18. The molecule has 0 saturated carbocycles. The number of carbonyl (C=O) groups excluding carboxylic acids is 2. The third-order valence-electron chi connectivity index (χ3n) is 3.34. The van der Waals surface area contributed by atoms with Crippen molar-refractivity contribution in [3.8, 4) is 0 Å². The number of fused-ring (bicyclic) bond motifs is 1. The summed E-state index contributed by atoms with van der Waals surface area (Å²) in [6, 6.07) is 7.57. The maximum Gasteiger partial charge on any atom is 0.321 e. The zero-order valence-corrected chi connectivity index (χ0v) is 13.1. The molecule has 1 unspecified atom stereocenters. The van der Waals surface area contributed by atoms with E-state index in [2.05, 4.69) is 15.6 Å². The molecule has 6 nitrogen and oxygen atoms in total. The number of rotatable bonds is 4. The van der Waals surface area contributed by atoms with E-state index in [0.717, 1.165) is 20.1 Å². The smallest absolute Gasteiger partial charge is 0.321 e. The zero-order chi connectivity index (χ0) is 15.4. The fourth-order valence-electron chi connectivity index (χ4n) is 1.93. The van der Waals surface area contributed by atoms with Crippen molar-refractivity contribution < 1.29 is 14.5 Å². The van der Waals surface area contributed by atoms with E-state index < -0.39 is 6.03 Å². The van der Waals surface area contributed by atoms with E-state index in [1.807, 2.05) is 38.2 Å². The number of hydrogen-bond donors (Lipinski definition) is 3. The molecule has 2 atom stereocenters. The van der Waals surface area contributed by atoms with Crippen LogP contribution in [0.2, 0.25) is 0 Å². The summed E-state index contributed by atoms with van der Waals surface area (Å²) in [7, 11) is 3.39. The molecule has 1 aromatic heterocycles. The normalized spacial score (nSPS) is 13.7. The lowest BCUT2D eigenvalue weighted by Gasteiger charge is -2.19. The standard InChI is InChI=1S/C14H18N4O2S/c1-9(18(3)8-12(19)17-14(20)15-2)13-16-10-6-4-5-7-11(10)21-13/h4-7,9H,8H2,1-3H3,(H2,15,17,19,20)/p+1/t9-/m0/s1. The first kappa shape index (κ1) is 15.4. The number of benzene rings is 1. The molecule has 0 bridgehead atoms. The summed E-state index contributed by atoms with van der Waals surface area (Å²) in [5.74, 6) is -0.306. The van der Waals surface area contributed by atoms with Crippen molar-refractivity contribution >= 4 is 33.5 Å². The summed E-state index contributed by atoms with van der Waals surface area (Å²) in [6.07, 6.45) is 0. The van der Waals surface area contributed by atoms with E-state index in [1.165, 1.54) is 7.05 Å². The molecular formula is C14H19N4O2S+. The maximum absolute atomic E-state index is 11.7. The average Bonchev–Trinajstić information content (AvgIpc) is 2.89. The predicted molar refractivity (Wildman–Crippen MR) is 82.4 cm³/mol. The summed E-state index contributed by atoms with van der Waals surface area (Å²) in [4.78, 5) is 28.4. The van der Waals surface area contributed by atoms with Gasteiger partial charge < -0.3 is 10.2 Å². The Bertz CT molecular complexity index is 622. The second-order valence-corrected chi connectivity index (χ2v) is 5.95. The fourth-order valence-corrected chi connectivity index (χ4v) is 3.04. The van der Waals surface area contributed by atoms with Gasteiger partial charge in [0.2, 0.25) is 0 Å². The van der Waals surface area contributed by atoms with Crippen LogP contribution < -0.4 is 15.5 Å². The number of likely N-dealkylation sites (N-methyl/N-ethyl adjacent to an activating group) is 1. The Morgan fingerprint density at radius 1 is 1.38 bits per heavy atom. The largest absolute Gasteiger partial charge is 0.341 e. The molecule has 3 amide bonds. The summed E-state index contributed by atoms with van der Waals surface area (Å²) in [5.41, 5.74) is 0.979. The number of thiazole rings is 1. The molecule has 3 N–H and O–H groups in total. The number of urea groups is 1. The summed E-state index contributed by atoms with van der Waals surface area (Å²) in [5, 5.41) is 5.61. The number of nitrogens with one attached hydrogen (secondary N) is 3. The average molecular weight is 307 g/mol. The van der Waals surface area contributed by atoms with Crippen LogP contribution in [-0.2, 0) is 4.79 Å². The van der Waals surface area contributed by atoms with E-state index >= 15 is 0 Å². The van der Waals surface area contributed by atoms with Crippen LogP contribution in [-0.4, -0.2) is 37.6 Å². The van der Waals surface area contributed by atoms with Gasteiger partial charge in [0.15, 0.2) is 11.6 Å². The van der Waals surface area contributed by atoms with Crippen molar-refractivity contribution in [3.63, 3.8) is 0 Å². The highest BCUT2D eigenvalue weighted by Crippen LogP contribution is 2.24. The Kier molecular flexibility index (Phi) is 4.87. The lowest BCUT2D eigenvalue weighted by atomic mass is 10.3. The number of imide groups is 1. The van der Waals surface area contributed by atoms with Gasteiger partial charge in [-0.05, 0) is 19.1 Å². The van der Waals surface area contributed by atoms with Crippen LogP contribution >= 0.6 is 11.3 Å².